The van der Waals surface area contributed by atoms with Crippen LogP contribution in [0.5, 0.6) is 5.75 Å². The van der Waals surface area contributed by atoms with E-state index in [0.717, 1.165) is 4.90 Å². The number of carboxylic acids is 1. The normalized spacial score (nSPS) is 20.8. The van der Waals surface area contributed by atoms with Gasteiger partial charge in [-0.25, -0.2) is 4.79 Å². The molecule has 1 N–H and O–H groups in total. The summed E-state index contributed by atoms with van der Waals surface area (Å²) in [6.07, 6.45) is -20.0. The monoisotopic (exact) mass is 649 g/mol. The number of carbonyl (C=O) groups is 2. The molecule has 17 heteroatoms. The summed E-state index contributed by atoms with van der Waals surface area (Å²) in [5.74, 6) is -1.78. The predicted octanol–water partition coefficient (Wildman–Crippen LogP) is 5.94. The van der Waals surface area contributed by atoms with Gasteiger partial charge in [0.05, 0.1) is 5.92 Å². The topological polar surface area (TPSA) is 82.6 Å². The van der Waals surface area contributed by atoms with E-state index in [1.165, 1.54) is 12.1 Å². The van der Waals surface area contributed by atoms with Crippen molar-refractivity contribution in [2.45, 2.75) is 82.0 Å². The van der Waals surface area contributed by atoms with Crippen LogP contribution in [0.4, 0.5) is 44.3 Å². The third-order valence-corrected chi connectivity index (χ3v) is 8.48. The zero-order chi connectivity index (χ0) is 32.5. The van der Waals surface area contributed by atoms with Crippen molar-refractivity contribution in [3.8, 4) is 5.75 Å². The van der Waals surface area contributed by atoms with Crippen LogP contribution in [0.15, 0.2) is 18.2 Å². The highest BCUT2D eigenvalue weighted by Gasteiger charge is 2.60. The highest BCUT2D eigenvalue weighted by Crippen LogP contribution is 2.41. The second-order valence-electron chi connectivity index (χ2n) is 11.5. The van der Waals surface area contributed by atoms with Crippen LogP contribution in [0.3, 0.4) is 0 Å². The largest absolute Gasteiger partial charge is 0.573 e. The summed E-state index contributed by atoms with van der Waals surface area (Å²) in [6.45, 7) is 1.59. The molecule has 3 heterocycles. The van der Waals surface area contributed by atoms with Crippen LogP contribution in [0.2, 0.25) is 0 Å². The van der Waals surface area contributed by atoms with E-state index >= 15 is 0 Å². The standard InChI is InChI=1S/C27H32F9N3O5/c28-25(29,30)22(26(31,32)33)43-23(42)38-10-5-24(6-11-38)4-1-7-39(24)16-18-12-17(13-20(14-18)44-27(34,35)36)15-37-8-2-19(3-9-37)21(40)41/h12-14,19,22H,1-11,15-16H2,(H,40,41). The molecule has 3 saturated heterocycles. The number of piperidine rings is 2. The van der Waals surface area contributed by atoms with Crippen LogP contribution in [-0.2, 0) is 22.6 Å². The number of nitrogens with zero attached hydrogens (tertiary/aromatic N) is 3. The van der Waals surface area contributed by atoms with Gasteiger partial charge in [-0.1, -0.05) is 6.07 Å². The van der Waals surface area contributed by atoms with E-state index in [2.05, 4.69) is 9.47 Å². The summed E-state index contributed by atoms with van der Waals surface area (Å²) in [5, 5.41) is 9.22. The Hall–Kier alpha value is -2.95. The lowest BCUT2D eigenvalue weighted by atomic mass is 9.85. The van der Waals surface area contributed by atoms with Crippen molar-refractivity contribution in [3.05, 3.63) is 29.3 Å². The average molecular weight is 650 g/mol. The van der Waals surface area contributed by atoms with Crippen molar-refractivity contribution in [2.75, 3.05) is 32.7 Å². The fourth-order valence-electron chi connectivity index (χ4n) is 6.33. The smallest absolute Gasteiger partial charge is 0.481 e. The van der Waals surface area contributed by atoms with Crippen molar-refractivity contribution in [3.63, 3.8) is 0 Å². The molecule has 0 saturated carbocycles. The van der Waals surface area contributed by atoms with Crippen LogP contribution in [0.25, 0.3) is 0 Å². The van der Waals surface area contributed by atoms with E-state index in [1.807, 2.05) is 9.80 Å². The molecule has 1 aromatic carbocycles. The maximum absolute atomic E-state index is 13.1. The van der Waals surface area contributed by atoms with Crippen molar-refractivity contribution >= 4 is 12.1 Å². The summed E-state index contributed by atoms with van der Waals surface area (Å²) >= 11 is 0. The molecule has 0 aromatic heterocycles. The Labute approximate surface area is 246 Å². The van der Waals surface area contributed by atoms with Gasteiger partial charge < -0.3 is 19.5 Å². The number of halogens is 9. The van der Waals surface area contributed by atoms with Gasteiger partial charge in [0.2, 0.25) is 0 Å². The number of alkyl halides is 9. The van der Waals surface area contributed by atoms with Crippen molar-refractivity contribution in [1.82, 2.24) is 14.7 Å². The first kappa shape index (κ1) is 33.9. The minimum absolute atomic E-state index is 0.160. The SMILES string of the molecule is O=C(O)C1CCN(Cc2cc(CN3CCCC34CCN(C(=O)OC(C(F)(F)F)C(F)(F)F)CC4)cc(OC(F)(F)F)c2)CC1. The number of likely N-dealkylation sites (tertiary alicyclic amines) is 3. The average Bonchev–Trinajstić information content (AvgIpc) is 3.26. The molecular formula is C27H32F9N3O5. The molecule has 3 aliphatic rings. The molecule has 0 bridgehead atoms. The van der Waals surface area contributed by atoms with Crippen molar-refractivity contribution in [1.29, 1.82) is 0 Å². The Morgan fingerprint density at radius 2 is 1.41 bits per heavy atom. The molecule has 4 rings (SSSR count). The molecular weight excluding hydrogens is 617 g/mol. The number of carboxylic acid groups (broad SMARTS) is 1. The maximum Gasteiger partial charge on any atom is 0.573 e. The zero-order valence-corrected chi connectivity index (χ0v) is 23.4. The number of carbonyl (C=O) groups excluding carboxylic acids is 1. The first-order chi connectivity index (χ1) is 20.3. The molecule has 0 aliphatic carbocycles. The van der Waals surface area contributed by atoms with E-state index in [-0.39, 0.29) is 39.0 Å². The van der Waals surface area contributed by atoms with E-state index in [1.54, 1.807) is 6.07 Å². The molecule has 44 heavy (non-hydrogen) atoms. The fourth-order valence-corrected chi connectivity index (χ4v) is 6.33. The predicted molar refractivity (Wildman–Crippen MR) is 134 cm³/mol. The van der Waals surface area contributed by atoms with Gasteiger partial charge in [0.1, 0.15) is 5.75 Å². The second kappa shape index (κ2) is 12.8. The van der Waals surface area contributed by atoms with Crippen molar-refractivity contribution in [2.24, 2.45) is 5.92 Å². The van der Waals surface area contributed by atoms with E-state index in [9.17, 15) is 54.2 Å². The zero-order valence-electron chi connectivity index (χ0n) is 23.4. The number of rotatable bonds is 7. The second-order valence-corrected chi connectivity index (χ2v) is 11.5. The molecule has 3 fully saturated rings. The van der Waals surface area contributed by atoms with E-state index < -0.39 is 54.1 Å². The minimum Gasteiger partial charge on any atom is -0.481 e. The van der Waals surface area contributed by atoms with Gasteiger partial charge in [0.15, 0.2) is 0 Å². The van der Waals surface area contributed by atoms with Crippen LogP contribution in [0, 0.1) is 5.92 Å². The molecule has 0 atom stereocenters. The van der Waals surface area contributed by atoms with Gasteiger partial charge in [0, 0.05) is 31.7 Å². The Morgan fingerprint density at radius 3 is 1.93 bits per heavy atom. The summed E-state index contributed by atoms with van der Waals surface area (Å²) < 4.78 is 124. The summed E-state index contributed by atoms with van der Waals surface area (Å²) in [4.78, 5) is 28.2. The van der Waals surface area contributed by atoms with E-state index in [0.29, 0.717) is 56.4 Å². The number of ether oxygens (including phenoxy) is 2. The highest BCUT2D eigenvalue weighted by atomic mass is 19.4. The third-order valence-electron chi connectivity index (χ3n) is 8.48. The van der Waals surface area contributed by atoms with Crippen LogP contribution in [0.1, 0.15) is 49.7 Å². The molecule has 3 aliphatic heterocycles. The highest BCUT2D eigenvalue weighted by molar-refractivity contribution is 5.70. The van der Waals surface area contributed by atoms with E-state index in [4.69, 9.17) is 0 Å². The Morgan fingerprint density at radius 1 is 0.841 bits per heavy atom. The van der Waals surface area contributed by atoms with Crippen LogP contribution in [-0.4, -0.2) is 95.0 Å². The van der Waals surface area contributed by atoms with Gasteiger partial charge in [0.25, 0.3) is 6.10 Å². The van der Waals surface area contributed by atoms with Crippen molar-refractivity contribution < 1.29 is 63.7 Å². The first-order valence-electron chi connectivity index (χ1n) is 14.0. The fraction of sp³-hybridized carbons (Fsp3) is 0.704. The molecule has 0 radical (unpaired) electrons. The minimum atomic E-state index is -5.83. The van der Waals surface area contributed by atoms with Crippen LogP contribution >= 0.6 is 0 Å². The Bertz CT molecular complexity index is 1160. The number of benzene rings is 1. The number of amides is 1. The summed E-state index contributed by atoms with van der Waals surface area (Å²) in [6, 6.07) is 4.28. The molecule has 248 valence electrons. The lowest BCUT2D eigenvalue weighted by Crippen LogP contribution is -2.54. The van der Waals surface area contributed by atoms with Gasteiger partial charge in [-0.3, -0.25) is 14.6 Å². The lowest BCUT2D eigenvalue weighted by molar-refractivity contribution is -0.308. The van der Waals surface area contributed by atoms with Crippen LogP contribution < -0.4 is 4.74 Å². The number of hydrogen-bond acceptors (Lipinski definition) is 6. The molecule has 8 nitrogen and oxygen atoms in total. The summed E-state index contributed by atoms with van der Waals surface area (Å²) in [5.41, 5.74) is 0.470. The molecule has 1 amide bonds. The lowest BCUT2D eigenvalue weighted by Gasteiger charge is -2.45. The number of aliphatic carboxylic acids is 1. The summed E-state index contributed by atoms with van der Waals surface area (Å²) in [7, 11) is 0. The van der Waals surface area contributed by atoms with Gasteiger partial charge in [-0.05, 0) is 81.4 Å². The third kappa shape index (κ3) is 8.61. The molecule has 1 spiro atoms. The first-order valence-corrected chi connectivity index (χ1v) is 14.0. The number of hydrogen-bond donors (Lipinski definition) is 1. The quantitative estimate of drug-likeness (QED) is 0.366. The molecule has 0 unspecified atom stereocenters. The maximum atomic E-state index is 13.1. The van der Waals surface area contributed by atoms with Gasteiger partial charge >= 0.3 is 30.8 Å². The molecule has 1 aromatic rings. The Kier molecular flexibility index (Phi) is 9.88. The van der Waals surface area contributed by atoms with Gasteiger partial charge in [-0.2, -0.15) is 26.3 Å². The van der Waals surface area contributed by atoms with Gasteiger partial charge in [-0.15, -0.1) is 13.2 Å². The Balaban J connectivity index is 1.44.